The number of fused-ring (bicyclic) bond motifs is 1. The van der Waals surface area contributed by atoms with Gasteiger partial charge in [-0.25, -0.2) is 4.99 Å². The second-order valence-corrected chi connectivity index (χ2v) is 4.36. The van der Waals surface area contributed by atoms with Crippen molar-refractivity contribution >= 4 is 28.2 Å². The first-order valence-corrected chi connectivity index (χ1v) is 5.99. The van der Waals surface area contributed by atoms with Gasteiger partial charge < -0.3 is 5.32 Å². The number of aliphatic imine (C=N–C) groups is 1. The Morgan fingerprint density at radius 2 is 2.21 bits per heavy atom. The average Bonchev–Trinajstić information content (AvgIpc) is 2.35. The number of rotatable bonds is 0. The molecule has 0 aromatic heterocycles. The molecule has 14 heavy (non-hydrogen) atoms. The predicted molar refractivity (Wildman–Crippen MR) is 64.8 cm³/mol. The minimum Gasteiger partial charge on any atom is -0.380 e. The van der Waals surface area contributed by atoms with E-state index < -0.39 is 0 Å². The topological polar surface area (TPSA) is 24.4 Å². The Bertz CT molecular complexity index is 360. The van der Waals surface area contributed by atoms with Crippen LogP contribution < -0.4 is 5.32 Å². The standard InChI is InChI=1S/C11H14N2S/c1-8-7-11(14-2)13-10-6-4-3-5-9(10)12-8/h3-6,8,12H,7H2,1-2H3/t8-/m0/s1. The number of anilines is 1. The molecule has 1 aliphatic heterocycles. The van der Waals surface area contributed by atoms with Crippen LogP contribution in [0.25, 0.3) is 0 Å². The fourth-order valence-corrected chi connectivity index (χ4v) is 2.19. The molecule has 1 aromatic carbocycles. The van der Waals surface area contributed by atoms with Gasteiger partial charge in [0.05, 0.1) is 16.4 Å². The summed E-state index contributed by atoms with van der Waals surface area (Å²) in [6.07, 6.45) is 3.09. The van der Waals surface area contributed by atoms with Gasteiger partial charge >= 0.3 is 0 Å². The first-order chi connectivity index (χ1) is 6.79. The van der Waals surface area contributed by atoms with Crippen LogP contribution in [-0.4, -0.2) is 17.3 Å². The molecule has 0 aliphatic carbocycles. The summed E-state index contributed by atoms with van der Waals surface area (Å²) >= 11 is 1.74. The van der Waals surface area contributed by atoms with E-state index in [-0.39, 0.29) is 0 Å². The monoisotopic (exact) mass is 206 g/mol. The lowest BCUT2D eigenvalue weighted by atomic mass is 10.2. The van der Waals surface area contributed by atoms with E-state index >= 15 is 0 Å². The van der Waals surface area contributed by atoms with Gasteiger partial charge in [0.25, 0.3) is 0 Å². The molecule has 0 fully saturated rings. The third-order valence-corrected chi connectivity index (χ3v) is 3.00. The van der Waals surface area contributed by atoms with Crippen LogP contribution >= 0.6 is 11.8 Å². The highest BCUT2D eigenvalue weighted by Gasteiger charge is 2.13. The first kappa shape index (κ1) is 9.59. The molecule has 1 N–H and O–H groups in total. The molecule has 1 aliphatic rings. The van der Waals surface area contributed by atoms with Crippen LogP contribution in [-0.2, 0) is 0 Å². The molecule has 1 aromatic rings. The van der Waals surface area contributed by atoms with Crippen molar-refractivity contribution in [1.29, 1.82) is 0 Å². The van der Waals surface area contributed by atoms with Crippen LogP contribution in [0.15, 0.2) is 29.3 Å². The van der Waals surface area contributed by atoms with E-state index in [0.29, 0.717) is 6.04 Å². The highest BCUT2D eigenvalue weighted by atomic mass is 32.2. The Balaban J connectivity index is 2.42. The van der Waals surface area contributed by atoms with Crippen molar-refractivity contribution < 1.29 is 0 Å². The number of nitrogens with one attached hydrogen (secondary N) is 1. The van der Waals surface area contributed by atoms with Crippen LogP contribution in [0.5, 0.6) is 0 Å². The second kappa shape index (κ2) is 4.05. The van der Waals surface area contributed by atoms with E-state index in [2.05, 4.69) is 35.6 Å². The van der Waals surface area contributed by atoms with Gasteiger partial charge in [-0.2, -0.15) is 0 Å². The molecule has 0 unspecified atom stereocenters. The van der Waals surface area contributed by atoms with E-state index in [1.165, 1.54) is 5.04 Å². The SMILES string of the molecule is CSC1=Nc2ccccc2N[C@@H](C)C1. The summed E-state index contributed by atoms with van der Waals surface area (Å²) in [5.74, 6) is 0. The Kier molecular flexibility index (Phi) is 2.77. The second-order valence-electron chi connectivity index (χ2n) is 3.48. The largest absolute Gasteiger partial charge is 0.380 e. The molecule has 2 nitrogen and oxygen atoms in total. The summed E-state index contributed by atoms with van der Waals surface area (Å²) in [5, 5.41) is 4.66. The number of benzene rings is 1. The van der Waals surface area contributed by atoms with Gasteiger partial charge in [-0.3, -0.25) is 0 Å². The van der Waals surface area contributed by atoms with Gasteiger partial charge in [0.15, 0.2) is 0 Å². The summed E-state index contributed by atoms with van der Waals surface area (Å²) in [6.45, 7) is 2.19. The van der Waals surface area contributed by atoms with E-state index in [4.69, 9.17) is 0 Å². The predicted octanol–water partition coefficient (Wildman–Crippen LogP) is 3.28. The zero-order chi connectivity index (χ0) is 9.97. The molecule has 0 amide bonds. The van der Waals surface area contributed by atoms with Crippen LogP contribution in [0.1, 0.15) is 13.3 Å². The van der Waals surface area contributed by atoms with Gasteiger partial charge in [-0.1, -0.05) is 12.1 Å². The van der Waals surface area contributed by atoms with Crippen LogP contribution in [0.2, 0.25) is 0 Å². The Morgan fingerprint density at radius 1 is 1.43 bits per heavy atom. The lowest BCUT2D eigenvalue weighted by molar-refractivity contribution is 0.849. The molecule has 0 saturated heterocycles. The van der Waals surface area contributed by atoms with Crippen molar-refractivity contribution in [3.8, 4) is 0 Å². The Morgan fingerprint density at radius 3 is 3.00 bits per heavy atom. The molecule has 1 atom stereocenters. The number of para-hydroxylation sites is 2. The molecule has 3 heteroatoms. The van der Waals surface area contributed by atoms with E-state index in [1.54, 1.807) is 11.8 Å². The minimum atomic E-state index is 0.463. The number of thioether (sulfide) groups is 1. The molecular formula is C11H14N2S. The Labute approximate surface area is 88.8 Å². The lowest BCUT2D eigenvalue weighted by Crippen LogP contribution is -2.16. The smallest absolute Gasteiger partial charge is 0.0870 e. The summed E-state index contributed by atoms with van der Waals surface area (Å²) in [5.41, 5.74) is 2.20. The van der Waals surface area contributed by atoms with E-state index in [1.807, 2.05) is 12.1 Å². The van der Waals surface area contributed by atoms with Gasteiger partial charge in [0.2, 0.25) is 0 Å². The van der Waals surface area contributed by atoms with Crippen molar-refractivity contribution in [3.63, 3.8) is 0 Å². The Hall–Kier alpha value is -0.960. The van der Waals surface area contributed by atoms with Crippen molar-refractivity contribution in [1.82, 2.24) is 0 Å². The lowest BCUT2D eigenvalue weighted by Gasteiger charge is -2.12. The van der Waals surface area contributed by atoms with Crippen molar-refractivity contribution in [2.45, 2.75) is 19.4 Å². The van der Waals surface area contributed by atoms with E-state index in [0.717, 1.165) is 17.8 Å². The molecule has 2 rings (SSSR count). The maximum atomic E-state index is 4.63. The molecular weight excluding hydrogens is 192 g/mol. The average molecular weight is 206 g/mol. The maximum absolute atomic E-state index is 4.63. The van der Waals surface area contributed by atoms with Crippen molar-refractivity contribution in [2.75, 3.05) is 11.6 Å². The summed E-state index contributed by atoms with van der Waals surface area (Å²) in [4.78, 5) is 4.63. The molecule has 74 valence electrons. The van der Waals surface area contributed by atoms with Gasteiger partial charge in [-0.05, 0) is 25.3 Å². The fourth-order valence-electron chi connectivity index (χ4n) is 1.58. The third kappa shape index (κ3) is 1.93. The van der Waals surface area contributed by atoms with Crippen LogP contribution in [0, 0.1) is 0 Å². The summed E-state index contributed by atoms with van der Waals surface area (Å²) in [7, 11) is 0. The maximum Gasteiger partial charge on any atom is 0.0870 e. The zero-order valence-electron chi connectivity index (χ0n) is 8.45. The fraction of sp³-hybridized carbons (Fsp3) is 0.364. The van der Waals surface area contributed by atoms with Crippen molar-refractivity contribution in [3.05, 3.63) is 24.3 Å². The highest BCUT2D eigenvalue weighted by molar-refractivity contribution is 8.13. The molecule has 0 radical (unpaired) electrons. The zero-order valence-corrected chi connectivity index (χ0v) is 9.27. The van der Waals surface area contributed by atoms with Gasteiger partial charge in [0, 0.05) is 12.5 Å². The van der Waals surface area contributed by atoms with Gasteiger partial charge in [-0.15, -0.1) is 11.8 Å². The third-order valence-electron chi connectivity index (χ3n) is 2.27. The summed E-state index contributed by atoms with van der Waals surface area (Å²) in [6, 6.07) is 8.66. The molecule has 0 bridgehead atoms. The highest BCUT2D eigenvalue weighted by Crippen LogP contribution is 2.30. The van der Waals surface area contributed by atoms with Crippen molar-refractivity contribution in [2.24, 2.45) is 4.99 Å². The molecule has 1 heterocycles. The number of hydrogen-bond acceptors (Lipinski definition) is 3. The van der Waals surface area contributed by atoms with E-state index in [9.17, 15) is 0 Å². The normalized spacial score (nSPS) is 20.4. The van der Waals surface area contributed by atoms with Crippen LogP contribution in [0.4, 0.5) is 11.4 Å². The number of hydrogen-bond donors (Lipinski definition) is 1. The number of nitrogens with zero attached hydrogens (tertiary/aromatic N) is 1. The van der Waals surface area contributed by atoms with Gasteiger partial charge in [0.1, 0.15) is 0 Å². The van der Waals surface area contributed by atoms with Crippen LogP contribution in [0.3, 0.4) is 0 Å². The molecule has 0 saturated carbocycles. The minimum absolute atomic E-state index is 0.463. The quantitative estimate of drug-likeness (QED) is 0.704. The molecule has 0 spiro atoms. The first-order valence-electron chi connectivity index (χ1n) is 4.76. The summed E-state index contributed by atoms with van der Waals surface area (Å²) < 4.78 is 0.